The first-order valence-electron chi connectivity index (χ1n) is 7.50. The van der Waals surface area contributed by atoms with Crippen LogP contribution in [0.25, 0.3) is 0 Å². The Kier molecular flexibility index (Phi) is 4.64. The summed E-state index contributed by atoms with van der Waals surface area (Å²) in [5.74, 6) is 0.599. The second kappa shape index (κ2) is 6.06. The molecule has 0 spiro atoms. The Bertz CT molecular complexity index is 394. The minimum Gasteiger partial charge on any atom is -0.390 e. The zero-order chi connectivity index (χ0) is 13.9. The topological polar surface area (TPSA) is 23.5 Å². The standard InChI is InChI=1S/C17H27NO/c1-14(2)16-7-5-15(6-8-16)13-18-11-4-9-17(3,19)10-12-18/h5-8,14,19H,4,9-13H2,1-3H3. The maximum absolute atomic E-state index is 10.1. The third-order valence-corrected chi connectivity index (χ3v) is 4.21. The number of nitrogens with zero attached hydrogens (tertiary/aromatic N) is 1. The van der Waals surface area contributed by atoms with Crippen molar-refractivity contribution in [2.45, 2.75) is 58.1 Å². The van der Waals surface area contributed by atoms with Crippen molar-refractivity contribution >= 4 is 0 Å². The summed E-state index contributed by atoms with van der Waals surface area (Å²) in [4.78, 5) is 2.46. The normalized spacial score (nSPS) is 25.5. The molecule has 1 aliphatic heterocycles. The Morgan fingerprint density at radius 1 is 1.16 bits per heavy atom. The smallest absolute Gasteiger partial charge is 0.0632 e. The number of likely N-dealkylation sites (tertiary alicyclic amines) is 1. The van der Waals surface area contributed by atoms with Crippen LogP contribution in [0.15, 0.2) is 24.3 Å². The predicted molar refractivity (Wildman–Crippen MR) is 80.3 cm³/mol. The van der Waals surface area contributed by atoms with Crippen LogP contribution in [0.5, 0.6) is 0 Å². The Morgan fingerprint density at radius 3 is 2.47 bits per heavy atom. The zero-order valence-electron chi connectivity index (χ0n) is 12.5. The molecule has 0 saturated carbocycles. The van der Waals surface area contributed by atoms with Gasteiger partial charge < -0.3 is 5.11 Å². The molecule has 1 heterocycles. The third-order valence-electron chi connectivity index (χ3n) is 4.21. The first-order chi connectivity index (χ1) is 8.96. The molecule has 1 fully saturated rings. The fraction of sp³-hybridized carbons (Fsp3) is 0.647. The summed E-state index contributed by atoms with van der Waals surface area (Å²) < 4.78 is 0. The molecule has 2 nitrogen and oxygen atoms in total. The SMILES string of the molecule is CC(C)c1ccc(CN2CCCC(C)(O)CC2)cc1. The van der Waals surface area contributed by atoms with Gasteiger partial charge in [0.05, 0.1) is 5.60 Å². The Hall–Kier alpha value is -0.860. The van der Waals surface area contributed by atoms with Gasteiger partial charge in [0.2, 0.25) is 0 Å². The van der Waals surface area contributed by atoms with Gasteiger partial charge in [0.15, 0.2) is 0 Å². The minimum atomic E-state index is -0.462. The maximum atomic E-state index is 10.1. The third kappa shape index (κ3) is 4.32. The lowest BCUT2D eigenvalue weighted by Gasteiger charge is -2.22. The van der Waals surface area contributed by atoms with Crippen LogP contribution in [0.4, 0.5) is 0 Å². The van der Waals surface area contributed by atoms with Crippen LogP contribution in [-0.2, 0) is 6.54 Å². The monoisotopic (exact) mass is 261 g/mol. The fourth-order valence-electron chi connectivity index (χ4n) is 2.74. The molecule has 0 bridgehead atoms. The maximum Gasteiger partial charge on any atom is 0.0632 e. The highest BCUT2D eigenvalue weighted by molar-refractivity contribution is 5.24. The number of rotatable bonds is 3. The molecule has 0 radical (unpaired) electrons. The molecular weight excluding hydrogens is 234 g/mol. The van der Waals surface area contributed by atoms with E-state index in [1.54, 1.807) is 0 Å². The molecule has 19 heavy (non-hydrogen) atoms. The highest BCUT2D eigenvalue weighted by atomic mass is 16.3. The summed E-state index contributed by atoms with van der Waals surface area (Å²) in [7, 11) is 0. The molecule has 0 amide bonds. The van der Waals surface area contributed by atoms with Crippen LogP contribution in [0.1, 0.15) is 57.1 Å². The number of hydrogen-bond donors (Lipinski definition) is 1. The molecule has 0 aliphatic carbocycles. The molecule has 1 aliphatic rings. The lowest BCUT2D eigenvalue weighted by Crippen LogP contribution is -2.28. The molecule has 1 aromatic rings. The van der Waals surface area contributed by atoms with Gasteiger partial charge in [-0.15, -0.1) is 0 Å². The minimum absolute atomic E-state index is 0.462. The van der Waals surface area contributed by atoms with Crippen molar-refractivity contribution in [3.05, 3.63) is 35.4 Å². The van der Waals surface area contributed by atoms with E-state index in [1.807, 2.05) is 6.92 Å². The summed E-state index contributed by atoms with van der Waals surface area (Å²) in [5, 5.41) is 10.1. The first-order valence-corrected chi connectivity index (χ1v) is 7.50. The van der Waals surface area contributed by atoms with Gasteiger partial charge in [0, 0.05) is 13.1 Å². The van der Waals surface area contributed by atoms with Gasteiger partial charge in [-0.2, -0.15) is 0 Å². The molecule has 1 aromatic carbocycles. The van der Waals surface area contributed by atoms with Gasteiger partial charge in [0.25, 0.3) is 0 Å². The highest BCUT2D eigenvalue weighted by Crippen LogP contribution is 2.23. The van der Waals surface area contributed by atoms with Gasteiger partial charge in [-0.25, -0.2) is 0 Å². The predicted octanol–water partition coefficient (Wildman–Crippen LogP) is 3.55. The summed E-state index contributed by atoms with van der Waals surface area (Å²) in [6, 6.07) is 8.98. The zero-order valence-corrected chi connectivity index (χ0v) is 12.5. The molecule has 1 atom stereocenters. The quantitative estimate of drug-likeness (QED) is 0.899. The van der Waals surface area contributed by atoms with E-state index in [2.05, 4.69) is 43.0 Å². The van der Waals surface area contributed by atoms with E-state index in [1.165, 1.54) is 11.1 Å². The molecule has 0 aromatic heterocycles. The van der Waals surface area contributed by atoms with Crippen molar-refractivity contribution in [2.24, 2.45) is 0 Å². The van der Waals surface area contributed by atoms with Crippen molar-refractivity contribution in [1.29, 1.82) is 0 Å². The van der Waals surface area contributed by atoms with Crippen molar-refractivity contribution in [1.82, 2.24) is 4.90 Å². The second-order valence-corrected chi connectivity index (χ2v) is 6.52. The average molecular weight is 261 g/mol. The van der Waals surface area contributed by atoms with Crippen molar-refractivity contribution in [3.8, 4) is 0 Å². The van der Waals surface area contributed by atoms with Crippen molar-refractivity contribution in [3.63, 3.8) is 0 Å². The van der Waals surface area contributed by atoms with Crippen molar-refractivity contribution in [2.75, 3.05) is 13.1 Å². The summed E-state index contributed by atoms with van der Waals surface area (Å²) in [6.45, 7) is 9.53. The van der Waals surface area contributed by atoms with E-state index in [0.29, 0.717) is 5.92 Å². The van der Waals surface area contributed by atoms with Gasteiger partial charge in [0.1, 0.15) is 0 Å². The van der Waals surface area contributed by atoms with E-state index >= 15 is 0 Å². The molecule has 1 saturated heterocycles. The summed E-state index contributed by atoms with van der Waals surface area (Å²) in [6.07, 6.45) is 2.91. The first kappa shape index (κ1) is 14.5. The molecule has 1 N–H and O–H groups in total. The van der Waals surface area contributed by atoms with E-state index in [-0.39, 0.29) is 0 Å². The van der Waals surface area contributed by atoms with Gasteiger partial charge in [-0.3, -0.25) is 4.90 Å². The van der Waals surface area contributed by atoms with Crippen LogP contribution in [-0.4, -0.2) is 28.7 Å². The van der Waals surface area contributed by atoms with Crippen LogP contribution in [0, 0.1) is 0 Å². The molecular formula is C17H27NO. The average Bonchev–Trinajstić information content (AvgIpc) is 2.52. The molecule has 106 valence electrons. The van der Waals surface area contributed by atoms with E-state index in [4.69, 9.17) is 0 Å². The van der Waals surface area contributed by atoms with E-state index in [0.717, 1.165) is 38.9 Å². The Balaban J connectivity index is 1.93. The fourth-order valence-corrected chi connectivity index (χ4v) is 2.74. The summed E-state index contributed by atoms with van der Waals surface area (Å²) in [5.41, 5.74) is 2.32. The van der Waals surface area contributed by atoms with Crippen LogP contribution >= 0.6 is 0 Å². The van der Waals surface area contributed by atoms with Gasteiger partial charge in [-0.1, -0.05) is 38.1 Å². The lowest BCUT2D eigenvalue weighted by molar-refractivity contribution is 0.0444. The highest BCUT2D eigenvalue weighted by Gasteiger charge is 2.24. The van der Waals surface area contributed by atoms with Gasteiger partial charge >= 0.3 is 0 Å². The number of hydrogen-bond acceptors (Lipinski definition) is 2. The number of aliphatic hydroxyl groups is 1. The molecule has 2 rings (SSSR count). The van der Waals surface area contributed by atoms with E-state index < -0.39 is 5.60 Å². The molecule has 1 unspecified atom stereocenters. The number of benzene rings is 1. The van der Waals surface area contributed by atoms with Gasteiger partial charge in [-0.05, 0) is 49.8 Å². The molecule has 2 heteroatoms. The Morgan fingerprint density at radius 2 is 1.84 bits per heavy atom. The lowest BCUT2D eigenvalue weighted by atomic mass is 9.98. The summed E-state index contributed by atoms with van der Waals surface area (Å²) >= 11 is 0. The van der Waals surface area contributed by atoms with Crippen LogP contribution in [0.3, 0.4) is 0 Å². The largest absolute Gasteiger partial charge is 0.390 e. The van der Waals surface area contributed by atoms with Crippen LogP contribution in [0.2, 0.25) is 0 Å². The second-order valence-electron chi connectivity index (χ2n) is 6.52. The van der Waals surface area contributed by atoms with Crippen molar-refractivity contribution < 1.29 is 5.11 Å². The van der Waals surface area contributed by atoms with E-state index in [9.17, 15) is 5.11 Å². The Labute approximate surface area is 117 Å². The van der Waals surface area contributed by atoms with Crippen LogP contribution < -0.4 is 0 Å².